The maximum Gasteiger partial charge on any atom is 0.0127 e. The largest absolute Gasteiger partial charge is 0.314 e. The van der Waals surface area contributed by atoms with Crippen molar-refractivity contribution < 1.29 is 0 Å². The lowest BCUT2D eigenvalue weighted by Crippen LogP contribution is -2.44. The Bertz CT molecular complexity index is 431. The molecule has 1 saturated carbocycles. The van der Waals surface area contributed by atoms with Crippen LogP contribution < -0.4 is 5.32 Å². The van der Waals surface area contributed by atoms with Crippen molar-refractivity contribution in [1.29, 1.82) is 0 Å². The average Bonchev–Trinajstić information content (AvgIpc) is 2.81. The lowest BCUT2D eigenvalue weighted by atomic mass is 9.74. The maximum absolute atomic E-state index is 3.88. The zero-order valence-electron chi connectivity index (χ0n) is 13.6. The minimum atomic E-state index is 0.751. The summed E-state index contributed by atoms with van der Waals surface area (Å²) in [5.74, 6) is 1.77. The predicted octanol–water partition coefficient (Wildman–Crippen LogP) is 4.74. The van der Waals surface area contributed by atoms with E-state index in [1.807, 2.05) is 0 Å². The van der Waals surface area contributed by atoms with Gasteiger partial charge in [-0.1, -0.05) is 56.9 Å². The zero-order valence-corrected chi connectivity index (χ0v) is 13.6. The molecule has 2 atom stereocenters. The van der Waals surface area contributed by atoms with Crippen LogP contribution in [0.25, 0.3) is 0 Å². The van der Waals surface area contributed by atoms with Crippen molar-refractivity contribution in [2.75, 3.05) is 6.54 Å². The molecular formula is C20H31N. The summed E-state index contributed by atoms with van der Waals surface area (Å²) < 4.78 is 0. The summed E-state index contributed by atoms with van der Waals surface area (Å²) in [5.41, 5.74) is 3.22. The zero-order chi connectivity index (χ0) is 14.5. The highest BCUT2D eigenvalue weighted by atomic mass is 14.9. The molecule has 1 aromatic rings. The van der Waals surface area contributed by atoms with Gasteiger partial charge in [-0.05, 0) is 61.6 Å². The second-order valence-electron chi connectivity index (χ2n) is 7.11. The molecule has 1 aromatic carbocycles. The Labute approximate surface area is 130 Å². The van der Waals surface area contributed by atoms with Gasteiger partial charge in [0, 0.05) is 6.04 Å². The first-order valence-corrected chi connectivity index (χ1v) is 9.18. The Morgan fingerprint density at radius 3 is 2.38 bits per heavy atom. The van der Waals surface area contributed by atoms with E-state index >= 15 is 0 Å². The van der Waals surface area contributed by atoms with Crippen molar-refractivity contribution in [3.63, 3.8) is 0 Å². The van der Waals surface area contributed by atoms with E-state index < -0.39 is 0 Å². The Morgan fingerprint density at radius 2 is 1.67 bits per heavy atom. The summed E-state index contributed by atoms with van der Waals surface area (Å²) in [6.07, 6.45) is 12.7. The maximum atomic E-state index is 3.88. The molecule has 0 amide bonds. The highest BCUT2D eigenvalue weighted by molar-refractivity contribution is 5.30. The van der Waals surface area contributed by atoms with Gasteiger partial charge in [0.1, 0.15) is 0 Å². The van der Waals surface area contributed by atoms with Gasteiger partial charge in [-0.25, -0.2) is 0 Å². The van der Waals surface area contributed by atoms with Gasteiger partial charge in [0.2, 0.25) is 0 Å². The molecule has 1 nitrogen and oxygen atoms in total. The fourth-order valence-electron chi connectivity index (χ4n) is 4.66. The van der Waals surface area contributed by atoms with Crippen LogP contribution in [0.15, 0.2) is 24.3 Å². The van der Waals surface area contributed by atoms with Gasteiger partial charge < -0.3 is 5.32 Å². The summed E-state index contributed by atoms with van der Waals surface area (Å²) in [6.45, 7) is 3.40. The van der Waals surface area contributed by atoms with Crippen LogP contribution in [-0.4, -0.2) is 12.6 Å². The van der Waals surface area contributed by atoms with Crippen LogP contribution in [0.2, 0.25) is 0 Å². The normalized spacial score (nSPS) is 25.1. The fourth-order valence-corrected chi connectivity index (χ4v) is 4.66. The summed E-state index contributed by atoms with van der Waals surface area (Å²) in [5, 5.41) is 3.88. The van der Waals surface area contributed by atoms with Gasteiger partial charge in [-0.15, -0.1) is 0 Å². The minimum Gasteiger partial charge on any atom is -0.314 e. The molecule has 1 fully saturated rings. The molecule has 0 heterocycles. The third kappa shape index (κ3) is 3.69. The second-order valence-corrected chi connectivity index (χ2v) is 7.11. The number of benzene rings is 1. The van der Waals surface area contributed by atoms with Gasteiger partial charge in [-0.2, -0.15) is 0 Å². The van der Waals surface area contributed by atoms with Crippen LogP contribution in [0, 0.1) is 11.8 Å². The van der Waals surface area contributed by atoms with Crippen LogP contribution >= 0.6 is 0 Å². The molecule has 1 N–H and O–H groups in total. The molecule has 3 rings (SSSR count). The number of hydrogen-bond donors (Lipinski definition) is 1. The average molecular weight is 285 g/mol. The van der Waals surface area contributed by atoms with Crippen LogP contribution in [0.4, 0.5) is 0 Å². The third-order valence-electron chi connectivity index (χ3n) is 5.74. The molecule has 0 aromatic heterocycles. The van der Waals surface area contributed by atoms with Gasteiger partial charge >= 0.3 is 0 Å². The van der Waals surface area contributed by atoms with Crippen LogP contribution in [0.1, 0.15) is 63.0 Å². The molecule has 2 aliphatic carbocycles. The molecule has 0 radical (unpaired) electrons. The van der Waals surface area contributed by atoms with E-state index in [1.165, 1.54) is 57.8 Å². The number of fused-ring (bicyclic) bond motifs is 1. The van der Waals surface area contributed by atoms with Gasteiger partial charge in [-0.3, -0.25) is 0 Å². The SMILES string of the molecule is CCNC(C1CCCCCC1)C1CCc2ccccc2C1. The Morgan fingerprint density at radius 1 is 0.952 bits per heavy atom. The molecular weight excluding hydrogens is 254 g/mol. The molecule has 2 unspecified atom stereocenters. The van der Waals surface area contributed by atoms with Gasteiger partial charge in [0.05, 0.1) is 0 Å². The molecule has 0 aliphatic heterocycles. The topological polar surface area (TPSA) is 12.0 Å². The third-order valence-corrected chi connectivity index (χ3v) is 5.74. The van der Waals surface area contributed by atoms with E-state index in [0.29, 0.717) is 0 Å². The number of rotatable bonds is 4. The van der Waals surface area contributed by atoms with Crippen molar-refractivity contribution in [2.45, 2.75) is 70.8 Å². The second kappa shape index (κ2) is 7.45. The van der Waals surface area contributed by atoms with Gasteiger partial charge in [0.15, 0.2) is 0 Å². The van der Waals surface area contributed by atoms with Crippen molar-refractivity contribution in [3.8, 4) is 0 Å². The Hall–Kier alpha value is -0.820. The molecule has 21 heavy (non-hydrogen) atoms. The van der Waals surface area contributed by atoms with Crippen LogP contribution in [0.5, 0.6) is 0 Å². The first-order valence-electron chi connectivity index (χ1n) is 9.18. The van der Waals surface area contributed by atoms with Crippen molar-refractivity contribution >= 4 is 0 Å². The number of hydrogen-bond acceptors (Lipinski definition) is 1. The van der Waals surface area contributed by atoms with E-state index in [9.17, 15) is 0 Å². The van der Waals surface area contributed by atoms with Crippen molar-refractivity contribution in [3.05, 3.63) is 35.4 Å². The van der Waals surface area contributed by atoms with E-state index in [4.69, 9.17) is 0 Å². The minimum absolute atomic E-state index is 0.751. The first-order chi connectivity index (χ1) is 10.4. The summed E-state index contributed by atoms with van der Waals surface area (Å²) in [7, 11) is 0. The van der Waals surface area contributed by atoms with Crippen LogP contribution in [0.3, 0.4) is 0 Å². The van der Waals surface area contributed by atoms with Crippen molar-refractivity contribution in [2.24, 2.45) is 11.8 Å². The lowest BCUT2D eigenvalue weighted by Gasteiger charge is -2.37. The van der Waals surface area contributed by atoms with Crippen molar-refractivity contribution in [1.82, 2.24) is 5.32 Å². The Balaban J connectivity index is 1.72. The summed E-state index contributed by atoms with van der Waals surface area (Å²) in [4.78, 5) is 0. The van der Waals surface area contributed by atoms with E-state index in [-0.39, 0.29) is 0 Å². The van der Waals surface area contributed by atoms with Gasteiger partial charge in [0.25, 0.3) is 0 Å². The molecule has 0 bridgehead atoms. The molecule has 0 spiro atoms. The van der Waals surface area contributed by atoms with Crippen LogP contribution in [-0.2, 0) is 12.8 Å². The molecule has 1 heteroatoms. The predicted molar refractivity (Wildman–Crippen MR) is 90.6 cm³/mol. The number of aryl methyl sites for hydroxylation is 1. The standard InChI is InChI=1S/C20H31N/c1-2-21-20(17-10-5-3-4-6-11-17)19-14-13-16-9-7-8-12-18(16)15-19/h7-9,12,17,19-21H,2-6,10-11,13-15H2,1H3. The molecule has 0 saturated heterocycles. The Kier molecular flexibility index (Phi) is 5.35. The van der Waals surface area contributed by atoms with E-state index in [0.717, 1.165) is 24.4 Å². The number of nitrogens with one attached hydrogen (secondary N) is 1. The van der Waals surface area contributed by atoms with E-state index in [2.05, 4.69) is 36.5 Å². The fraction of sp³-hybridized carbons (Fsp3) is 0.700. The summed E-state index contributed by atoms with van der Waals surface area (Å²) in [6, 6.07) is 9.86. The quantitative estimate of drug-likeness (QED) is 0.788. The molecule has 116 valence electrons. The monoisotopic (exact) mass is 285 g/mol. The molecule has 2 aliphatic rings. The lowest BCUT2D eigenvalue weighted by molar-refractivity contribution is 0.221. The highest BCUT2D eigenvalue weighted by Crippen LogP contribution is 2.34. The first kappa shape index (κ1) is 15.1. The smallest absolute Gasteiger partial charge is 0.0127 e. The highest BCUT2D eigenvalue weighted by Gasteiger charge is 2.31. The summed E-state index contributed by atoms with van der Waals surface area (Å²) >= 11 is 0. The van der Waals surface area contributed by atoms with E-state index in [1.54, 1.807) is 11.1 Å².